The van der Waals surface area contributed by atoms with Gasteiger partial charge in [-0.15, -0.1) is 0 Å². The first-order valence-electron chi connectivity index (χ1n) is 20.4. The van der Waals surface area contributed by atoms with Crippen LogP contribution in [-0.2, 0) is 0 Å². The number of rotatable bonds is 44. The lowest BCUT2D eigenvalue weighted by atomic mass is 10.5. The molecule has 0 aromatic rings. The second-order valence-electron chi connectivity index (χ2n) is 12.2. The number of hydrogen-bond acceptors (Lipinski definition) is 26. The van der Waals surface area contributed by atoms with Gasteiger partial charge in [0, 0.05) is 163 Å². The first-order chi connectivity index (χ1) is 30.7. The van der Waals surface area contributed by atoms with Crippen LogP contribution < -0.4 is 0 Å². The molecular formula is C37H82S26. The van der Waals surface area contributed by atoms with Crippen molar-refractivity contribution in [3.05, 3.63) is 0 Å². The molecular weight excluding hydrogens is 1280 g/mol. The molecule has 0 rings (SSSR count). The van der Waals surface area contributed by atoms with E-state index >= 15 is 0 Å². The smallest absolute Gasteiger partial charge is 0.0229 e. The average Bonchev–Trinajstić information content (AvgIpc) is 3.31. The first kappa shape index (κ1) is 78.6. The highest BCUT2D eigenvalue weighted by atomic mass is 32.2. The van der Waals surface area contributed by atoms with Gasteiger partial charge in [0.25, 0.3) is 0 Å². The maximum atomic E-state index is 4.44. The Morgan fingerprint density at radius 2 is 0.413 bits per heavy atom. The molecule has 0 saturated heterocycles. The van der Waals surface area contributed by atoms with Crippen LogP contribution in [0.25, 0.3) is 0 Å². The predicted molar refractivity (Wildman–Crippen MR) is 391 cm³/mol. The molecule has 0 aromatic carbocycles. The van der Waals surface area contributed by atoms with Crippen LogP contribution in [-0.4, -0.2) is 209 Å². The summed E-state index contributed by atoms with van der Waals surface area (Å²) in [5, 5.41) is 4.58. The van der Waals surface area contributed by atoms with Gasteiger partial charge in [-0.2, -0.15) is 319 Å². The number of thiol groups is 15. The molecule has 0 aliphatic heterocycles. The normalized spacial score (nSPS) is 14.5. The standard InChI is InChI=1S/3C10H22S7.C7H16S5/c11-1-3-16-9(5-13)7-15-8-10(6-14)17-4-2-12;11-1-3-15-7-9(5-13)17-8-10(6-14)16-4-2-12;11-1-3-15-7-9(5-13)17-10(6-14)8-16-4-2-12;8-1-3-11-6-7(5-10)12-4-2-9/h3*9-14H,1-8H2;7-10H,1-6H2. The summed E-state index contributed by atoms with van der Waals surface area (Å²) in [6.07, 6.45) is 0. The van der Waals surface area contributed by atoms with Gasteiger partial charge in [0.1, 0.15) is 0 Å². The molecule has 0 bridgehead atoms. The van der Waals surface area contributed by atoms with E-state index in [9.17, 15) is 0 Å². The van der Waals surface area contributed by atoms with E-state index in [1.54, 1.807) is 0 Å². The van der Waals surface area contributed by atoms with Gasteiger partial charge in [-0.3, -0.25) is 0 Å². The molecule has 7 atom stereocenters. The predicted octanol–water partition coefficient (Wildman–Crippen LogP) is 13.5. The van der Waals surface area contributed by atoms with Gasteiger partial charge in [-0.25, -0.2) is 0 Å². The zero-order chi connectivity index (χ0) is 48.0. The minimum Gasteiger partial charge on any atom is -0.179 e. The van der Waals surface area contributed by atoms with Crippen LogP contribution in [0.5, 0.6) is 0 Å². The van der Waals surface area contributed by atoms with E-state index in [-0.39, 0.29) is 0 Å². The summed E-state index contributed by atoms with van der Waals surface area (Å²) < 4.78 is 0. The van der Waals surface area contributed by atoms with Crippen LogP contribution in [0, 0.1) is 0 Å². The van der Waals surface area contributed by atoms with Crippen molar-refractivity contribution < 1.29 is 0 Å². The Balaban J connectivity index is -0.000000371. The molecule has 0 spiro atoms. The summed E-state index contributed by atoms with van der Waals surface area (Å²) in [4.78, 5) is 0. The molecule has 63 heavy (non-hydrogen) atoms. The van der Waals surface area contributed by atoms with E-state index in [0.717, 1.165) is 132 Å². The minimum atomic E-state index is 0.636. The topological polar surface area (TPSA) is 0 Å². The van der Waals surface area contributed by atoms with Crippen LogP contribution in [0.1, 0.15) is 0 Å². The van der Waals surface area contributed by atoms with Gasteiger partial charge < -0.3 is 0 Å². The molecule has 0 radical (unpaired) electrons. The van der Waals surface area contributed by atoms with Crippen LogP contribution in [0.4, 0.5) is 0 Å². The quantitative estimate of drug-likeness (QED) is 0.0209. The highest BCUT2D eigenvalue weighted by molar-refractivity contribution is 8.08. The van der Waals surface area contributed by atoms with Crippen LogP contribution >= 0.6 is 319 Å². The Bertz CT molecular complexity index is 768. The van der Waals surface area contributed by atoms with E-state index in [2.05, 4.69) is 189 Å². The highest BCUT2D eigenvalue weighted by Gasteiger charge is 2.16. The Morgan fingerprint density at radius 3 is 0.651 bits per heavy atom. The Hall–Kier alpha value is 9.10. The van der Waals surface area contributed by atoms with E-state index in [0.29, 0.717) is 36.7 Å². The van der Waals surface area contributed by atoms with Gasteiger partial charge >= 0.3 is 0 Å². The number of hydrogen-bond donors (Lipinski definition) is 15. The second-order valence-corrected chi connectivity index (χ2v) is 32.6. The zero-order valence-electron chi connectivity index (χ0n) is 36.5. The lowest BCUT2D eigenvalue weighted by Crippen LogP contribution is -2.19. The monoisotopic (exact) mass is 1360 g/mol. The van der Waals surface area contributed by atoms with E-state index < -0.39 is 0 Å². The molecule has 0 nitrogen and oxygen atoms in total. The maximum absolute atomic E-state index is 4.44. The Kier molecular flexibility index (Phi) is 86.2. The molecule has 0 aliphatic rings. The van der Waals surface area contributed by atoms with Crippen molar-refractivity contribution in [1.29, 1.82) is 0 Å². The molecule has 0 N–H and O–H groups in total. The third-order valence-corrected chi connectivity index (χ3v) is 31.0. The van der Waals surface area contributed by atoms with Crippen molar-refractivity contribution in [3.8, 4) is 0 Å². The first-order valence-corrected chi connectivity index (χ1v) is 41.9. The fraction of sp³-hybridized carbons (Fsp3) is 1.00. The molecule has 7 unspecified atom stereocenters. The molecule has 0 aromatic heterocycles. The summed E-state index contributed by atoms with van der Waals surface area (Å²) in [5.41, 5.74) is 0. The summed E-state index contributed by atoms with van der Waals surface area (Å²) >= 11 is 86.5. The molecule has 26 heteroatoms. The molecule has 0 heterocycles. The molecule has 386 valence electrons. The fourth-order valence-corrected chi connectivity index (χ4v) is 22.6. The second kappa shape index (κ2) is 69.1. The number of thioether (sulfide) groups is 11. The maximum Gasteiger partial charge on any atom is 0.0229 e. The van der Waals surface area contributed by atoms with Crippen molar-refractivity contribution in [2.75, 3.05) is 173 Å². The Morgan fingerprint density at radius 1 is 0.206 bits per heavy atom. The molecule has 0 amide bonds. The molecule has 0 aliphatic carbocycles. The van der Waals surface area contributed by atoms with Crippen LogP contribution in [0.2, 0.25) is 0 Å². The summed E-state index contributed by atoms with van der Waals surface area (Å²) in [5.74, 6) is 31.7. The van der Waals surface area contributed by atoms with Gasteiger partial charge in [0.2, 0.25) is 0 Å². The van der Waals surface area contributed by atoms with Crippen LogP contribution in [0.15, 0.2) is 0 Å². The highest BCUT2D eigenvalue weighted by Crippen LogP contribution is 2.27. The van der Waals surface area contributed by atoms with Gasteiger partial charge in [0.15, 0.2) is 0 Å². The third kappa shape index (κ3) is 61.8. The molecule has 0 saturated carbocycles. The minimum absolute atomic E-state index is 0.636. The summed E-state index contributed by atoms with van der Waals surface area (Å²) in [6, 6.07) is 0. The van der Waals surface area contributed by atoms with Gasteiger partial charge in [-0.05, 0) is 46.0 Å². The van der Waals surface area contributed by atoms with Crippen molar-refractivity contribution in [2.24, 2.45) is 0 Å². The molecule has 0 fully saturated rings. The lowest BCUT2D eigenvalue weighted by molar-refractivity contribution is 1.09. The zero-order valence-corrected chi connectivity index (χ0v) is 58.9. The van der Waals surface area contributed by atoms with Gasteiger partial charge in [-0.1, -0.05) is 0 Å². The van der Waals surface area contributed by atoms with E-state index in [1.807, 2.05) is 129 Å². The average molecular weight is 1360 g/mol. The largest absolute Gasteiger partial charge is 0.179 e. The summed E-state index contributed by atoms with van der Waals surface area (Å²) in [7, 11) is 0. The van der Waals surface area contributed by atoms with Crippen LogP contribution in [0.3, 0.4) is 0 Å². The third-order valence-electron chi connectivity index (χ3n) is 6.87. The SMILES string of the molecule is SCCSC(CS)CSCC(CS)SCCS.SCCSCC(CS)SC(CS)CSCCS.SCCSCC(CS)SCC(CS)SCCS.SCCSCC(CS)SCCS. The van der Waals surface area contributed by atoms with E-state index in [4.69, 9.17) is 0 Å². The van der Waals surface area contributed by atoms with E-state index in [1.165, 1.54) is 40.3 Å². The Labute approximate surface area is 520 Å². The van der Waals surface area contributed by atoms with Crippen molar-refractivity contribution in [2.45, 2.75) is 36.7 Å². The van der Waals surface area contributed by atoms with Crippen molar-refractivity contribution in [3.63, 3.8) is 0 Å². The van der Waals surface area contributed by atoms with Crippen molar-refractivity contribution >= 4 is 319 Å². The lowest BCUT2D eigenvalue weighted by Gasteiger charge is -2.20. The van der Waals surface area contributed by atoms with Gasteiger partial charge in [0.05, 0.1) is 0 Å². The summed E-state index contributed by atoms with van der Waals surface area (Å²) in [6.45, 7) is 0. The fourth-order valence-electron chi connectivity index (χ4n) is 3.88. The van der Waals surface area contributed by atoms with Crippen molar-refractivity contribution in [1.82, 2.24) is 0 Å².